The summed E-state index contributed by atoms with van der Waals surface area (Å²) in [5.41, 5.74) is 5.10. The van der Waals surface area contributed by atoms with E-state index in [1.165, 1.54) is 5.57 Å². The second-order valence-corrected chi connectivity index (χ2v) is 8.91. The number of rotatable bonds is 4. The molecule has 2 aromatic rings. The molecule has 1 fully saturated rings. The van der Waals surface area contributed by atoms with Crippen LogP contribution in [0.5, 0.6) is 0 Å². The van der Waals surface area contributed by atoms with E-state index in [1.54, 1.807) is 0 Å². The predicted molar refractivity (Wildman–Crippen MR) is 132 cm³/mol. The average molecular weight is 440 g/mol. The van der Waals surface area contributed by atoms with Crippen molar-refractivity contribution in [3.05, 3.63) is 78.0 Å². The van der Waals surface area contributed by atoms with Gasteiger partial charge in [0.05, 0.1) is 0 Å². The molecular weight excluding hydrogens is 410 g/mol. The van der Waals surface area contributed by atoms with E-state index in [-0.39, 0.29) is 17.7 Å². The first kappa shape index (κ1) is 21.4. The summed E-state index contributed by atoms with van der Waals surface area (Å²) >= 11 is 0. The second kappa shape index (κ2) is 9.57. The van der Waals surface area contributed by atoms with Gasteiger partial charge in [0.25, 0.3) is 5.91 Å². The van der Waals surface area contributed by atoms with E-state index in [9.17, 15) is 9.59 Å². The molecular formula is C28H29N3O2. The van der Waals surface area contributed by atoms with E-state index >= 15 is 0 Å². The number of aliphatic imine (C=N–C) groups is 1. The van der Waals surface area contributed by atoms with Crippen LogP contribution in [0.3, 0.4) is 0 Å². The number of anilines is 1. The van der Waals surface area contributed by atoms with Crippen molar-refractivity contribution in [3.63, 3.8) is 0 Å². The van der Waals surface area contributed by atoms with Gasteiger partial charge in [0, 0.05) is 43.9 Å². The smallest absolute Gasteiger partial charge is 0.272 e. The van der Waals surface area contributed by atoms with Gasteiger partial charge >= 0.3 is 0 Å². The largest absolute Gasteiger partial charge is 0.337 e. The zero-order valence-electron chi connectivity index (χ0n) is 18.8. The number of hydrogen-bond donors (Lipinski definition) is 0. The molecule has 5 nitrogen and oxygen atoms in total. The Morgan fingerprint density at radius 1 is 0.909 bits per heavy atom. The number of benzene rings is 2. The number of nitrogens with zero attached hydrogens (tertiary/aromatic N) is 3. The topological polar surface area (TPSA) is 53.0 Å². The van der Waals surface area contributed by atoms with Crippen molar-refractivity contribution in [2.75, 3.05) is 24.5 Å². The van der Waals surface area contributed by atoms with E-state index < -0.39 is 0 Å². The molecule has 0 radical (unpaired) electrons. The zero-order valence-corrected chi connectivity index (χ0v) is 18.8. The van der Waals surface area contributed by atoms with Crippen molar-refractivity contribution in [1.29, 1.82) is 0 Å². The van der Waals surface area contributed by atoms with Gasteiger partial charge in [-0.2, -0.15) is 0 Å². The molecule has 0 bridgehead atoms. The number of hydrogen-bond acceptors (Lipinski definition) is 3. The summed E-state index contributed by atoms with van der Waals surface area (Å²) in [5, 5.41) is 0. The van der Waals surface area contributed by atoms with Gasteiger partial charge < -0.3 is 9.80 Å². The Labute approximate surface area is 195 Å². The third kappa shape index (κ3) is 4.68. The highest BCUT2D eigenvalue weighted by molar-refractivity contribution is 5.97. The van der Waals surface area contributed by atoms with Crippen molar-refractivity contribution in [2.45, 2.75) is 32.1 Å². The minimum atomic E-state index is 0.0300. The van der Waals surface area contributed by atoms with Crippen molar-refractivity contribution >= 4 is 23.7 Å². The summed E-state index contributed by atoms with van der Waals surface area (Å²) in [7, 11) is 0. The van der Waals surface area contributed by atoms with Crippen molar-refractivity contribution < 1.29 is 9.59 Å². The Balaban J connectivity index is 1.25. The first-order valence-electron chi connectivity index (χ1n) is 11.9. The van der Waals surface area contributed by atoms with E-state index in [4.69, 9.17) is 0 Å². The summed E-state index contributed by atoms with van der Waals surface area (Å²) in [4.78, 5) is 33.9. The van der Waals surface area contributed by atoms with Gasteiger partial charge in [-0.15, -0.1) is 0 Å². The monoisotopic (exact) mass is 439 g/mol. The molecule has 3 heterocycles. The lowest BCUT2D eigenvalue weighted by molar-refractivity contribution is -0.127. The highest BCUT2D eigenvalue weighted by Gasteiger charge is 2.33. The Morgan fingerprint density at radius 3 is 2.58 bits per heavy atom. The van der Waals surface area contributed by atoms with Crippen LogP contribution < -0.4 is 4.90 Å². The summed E-state index contributed by atoms with van der Waals surface area (Å²) < 4.78 is 0. The maximum Gasteiger partial charge on any atom is 0.272 e. The molecule has 5 heteroatoms. The van der Waals surface area contributed by atoms with Crippen LogP contribution in [0.4, 0.5) is 5.69 Å². The maximum absolute atomic E-state index is 13.0. The Morgan fingerprint density at radius 2 is 1.76 bits per heavy atom. The van der Waals surface area contributed by atoms with Crippen LogP contribution in [-0.2, 0) is 9.59 Å². The Bertz CT molecular complexity index is 1130. The molecule has 3 aliphatic rings. The van der Waals surface area contributed by atoms with Crippen molar-refractivity contribution in [3.8, 4) is 11.1 Å². The molecule has 3 aliphatic heterocycles. The number of carbonyl (C=O) groups is 2. The standard InChI is InChI=1S/C28H29N3O2/c32-27-19-24(20-31(27)25-12-6-10-23(18-25)21-8-2-1-3-9-21)22-11-7-16-30(17-14-22)28(33)26-13-4-5-15-29-26/h1-3,6,8-13,15,18,24H,4-5,7,14,16-17,19-20H2. The van der Waals surface area contributed by atoms with Crippen LogP contribution >= 0.6 is 0 Å². The molecule has 0 N–H and O–H groups in total. The lowest BCUT2D eigenvalue weighted by Crippen LogP contribution is -2.33. The van der Waals surface area contributed by atoms with Gasteiger partial charge in [0.1, 0.15) is 5.70 Å². The zero-order chi connectivity index (χ0) is 22.6. The number of carbonyl (C=O) groups excluding carboxylic acids is 2. The van der Waals surface area contributed by atoms with Gasteiger partial charge in [-0.3, -0.25) is 14.6 Å². The normalized spacial score (nSPS) is 21.0. The van der Waals surface area contributed by atoms with Crippen LogP contribution in [0.25, 0.3) is 11.1 Å². The van der Waals surface area contributed by atoms with Crippen LogP contribution in [0.2, 0.25) is 0 Å². The summed E-state index contributed by atoms with van der Waals surface area (Å²) in [6.07, 6.45) is 10.00. The highest BCUT2D eigenvalue weighted by Crippen LogP contribution is 2.34. The highest BCUT2D eigenvalue weighted by atomic mass is 16.2. The molecule has 0 aromatic heterocycles. The summed E-state index contributed by atoms with van der Waals surface area (Å²) in [5.74, 6) is 0.410. The van der Waals surface area contributed by atoms with E-state index in [0.29, 0.717) is 31.8 Å². The average Bonchev–Trinajstić information content (AvgIpc) is 3.10. The third-order valence-corrected chi connectivity index (χ3v) is 6.76. The van der Waals surface area contributed by atoms with Crippen LogP contribution in [0.15, 0.2) is 83.0 Å². The molecule has 1 saturated heterocycles. The first-order valence-corrected chi connectivity index (χ1v) is 11.9. The molecule has 2 amide bonds. The molecule has 168 valence electrons. The minimum Gasteiger partial charge on any atom is -0.337 e. The quantitative estimate of drug-likeness (QED) is 0.629. The van der Waals surface area contributed by atoms with Crippen LogP contribution in [0.1, 0.15) is 32.1 Å². The predicted octanol–water partition coefficient (Wildman–Crippen LogP) is 5.00. The Kier molecular flexibility index (Phi) is 6.20. The van der Waals surface area contributed by atoms with E-state index in [2.05, 4.69) is 35.3 Å². The van der Waals surface area contributed by atoms with Gasteiger partial charge in [-0.1, -0.05) is 60.2 Å². The molecule has 5 rings (SSSR count). The van der Waals surface area contributed by atoms with Crippen molar-refractivity contribution in [1.82, 2.24) is 4.90 Å². The van der Waals surface area contributed by atoms with E-state index in [0.717, 1.165) is 42.5 Å². The maximum atomic E-state index is 13.0. The molecule has 1 unspecified atom stereocenters. The molecule has 1 atom stereocenters. The molecule has 0 aliphatic carbocycles. The fraction of sp³-hybridized carbons (Fsp3) is 0.321. The summed E-state index contributed by atoms with van der Waals surface area (Å²) in [6, 6.07) is 18.5. The SMILES string of the molecule is O=C(C1=CCCC=N1)N1CCC=C(C2CC(=O)N(c3cccc(-c4ccccc4)c3)C2)CC1. The Hall–Kier alpha value is -3.47. The molecule has 33 heavy (non-hydrogen) atoms. The molecule has 2 aromatic carbocycles. The van der Waals surface area contributed by atoms with E-state index in [1.807, 2.05) is 52.4 Å². The van der Waals surface area contributed by atoms with Gasteiger partial charge in [-0.05, 0) is 48.9 Å². The van der Waals surface area contributed by atoms with Crippen LogP contribution in [0, 0.1) is 5.92 Å². The molecule has 0 saturated carbocycles. The number of amides is 2. The van der Waals surface area contributed by atoms with Gasteiger partial charge in [0.15, 0.2) is 0 Å². The fourth-order valence-electron chi connectivity index (χ4n) is 4.96. The van der Waals surface area contributed by atoms with Crippen LogP contribution in [-0.4, -0.2) is 42.6 Å². The molecule has 0 spiro atoms. The van der Waals surface area contributed by atoms with Gasteiger partial charge in [0.2, 0.25) is 5.91 Å². The third-order valence-electron chi connectivity index (χ3n) is 6.76. The number of allylic oxidation sites excluding steroid dienone is 1. The van der Waals surface area contributed by atoms with Crippen molar-refractivity contribution in [2.24, 2.45) is 10.9 Å². The minimum absolute atomic E-state index is 0.0300. The fourth-order valence-corrected chi connectivity index (χ4v) is 4.96. The summed E-state index contributed by atoms with van der Waals surface area (Å²) in [6.45, 7) is 2.09. The second-order valence-electron chi connectivity index (χ2n) is 8.91. The lowest BCUT2D eigenvalue weighted by Gasteiger charge is -2.22. The lowest BCUT2D eigenvalue weighted by atomic mass is 9.95. The first-order chi connectivity index (χ1) is 16.2. The van der Waals surface area contributed by atoms with Gasteiger partial charge in [-0.25, -0.2) is 0 Å².